The number of pyridine rings is 1. The van der Waals surface area contributed by atoms with Crippen molar-refractivity contribution in [3.63, 3.8) is 0 Å². The van der Waals surface area contributed by atoms with E-state index in [1.807, 2.05) is 13.0 Å². The third-order valence-electron chi connectivity index (χ3n) is 1.47. The largest absolute Gasteiger partial charge is 0.267 e. The van der Waals surface area contributed by atoms with Gasteiger partial charge in [0.05, 0.1) is 10.2 Å². The fourth-order valence-electron chi connectivity index (χ4n) is 0.632. The van der Waals surface area contributed by atoms with E-state index in [0.717, 1.165) is 5.32 Å². The van der Waals surface area contributed by atoms with Gasteiger partial charge in [0.1, 0.15) is 0 Å². The van der Waals surface area contributed by atoms with Crippen molar-refractivity contribution in [2.75, 3.05) is 0 Å². The van der Waals surface area contributed by atoms with Gasteiger partial charge < -0.3 is 0 Å². The lowest BCUT2D eigenvalue weighted by Gasteiger charge is -1.99. The normalized spacial score (nSPS) is 9.67. The van der Waals surface area contributed by atoms with Gasteiger partial charge >= 0.3 is 0 Å². The molecule has 1 heterocycles. The molecule has 0 atom stereocenters. The number of hydrogen-bond acceptors (Lipinski definition) is 1. The Bertz CT molecular complexity index is 200. The minimum absolute atomic E-state index is 0.940. The van der Waals surface area contributed by atoms with E-state index in [2.05, 4.69) is 22.2 Å². The number of rotatable bonds is 0. The van der Waals surface area contributed by atoms with Crippen LogP contribution in [0, 0.1) is 13.8 Å². The monoisotopic (exact) mass is 134 g/mol. The first kappa shape index (κ1) is 6.49. The molecule has 0 bridgehead atoms. The van der Waals surface area contributed by atoms with Crippen LogP contribution in [0.25, 0.3) is 0 Å². The van der Waals surface area contributed by atoms with Gasteiger partial charge in [-0.15, -0.1) is 0 Å². The minimum atomic E-state index is 0.940. The maximum atomic E-state index is 4.05. The number of aryl methyl sites for hydroxylation is 1. The molecule has 0 aliphatic heterocycles. The summed E-state index contributed by atoms with van der Waals surface area (Å²) in [5.74, 6) is 0. The molecule has 9 heavy (non-hydrogen) atoms. The van der Waals surface area contributed by atoms with Crippen molar-refractivity contribution in [2.24, 2.45) is 0 Å². The van der Waals surface area contributed by atoms with E-state index >= 15 is 0 Å². The molecule has 0 saturated carbocycles. The summed E-state index contributed by atoms with van der Waals surface area (Å²) in [4.78, 5) is 4.05. The average Bonchev–Trinajstić information content (AvgIpc) is 1.83. The van der Waals surface area contributed by atoms with Crippen molar-refractivity contribution in [3.8, 4) is 0 Å². The van der Waals surface area contributed by atoms with Crippen LogP contribution in [0.3, 0.4) is 0 Å². The molecule has 0 amide bonds. The van der Waals surface area contributed by atoms with Crippen molar-refractivity contribution >= 4 is 15.6 Å². The highest BCUT2D eigenvalue weighted by atomic mass is 28.1. The summed E-state index contributed by atoms with van der Waals surface area (Å²) < 4.78 is 0. The van der Waals surface area contributed by atoms with Gasteiger partial charge in [-0.1, -0.05) is 0 Å². The Labute approximate surface area is 58.6 Å². The summed E-state index contributed by atoms with van der Waals surface area (Å²) in [5.41, 5.74) is 2.49. The van der Waals surface area contributed by atoms with E-state index in [-0.39, 0.29) is 0 Å². The molecule has 0 saturated heterocycles. The highest BCUT2D eigenvalue weighted by Gasteiger charge is 1.93. The topological polar surface area (TPSA) is 12.9 Å². The molecule has 45 valence electrons. The van der Waals surface area contributed by atoms with Gasteiger partial charge in [0.25, 0.3) is 0 Å². The minimum Gasteiger partial charge on any atom is -0.267 e. The molecule has 0 aliphatic rings. The van der Waals surface area contributed by atoms with Gasteiger partial charge in [-0.05, 0) is 31.0 Å². The fraction of sp³-hybridized carbons (Fsp3) is 0.286. The molecule has 1 nitrogen and oxygen atoms in total. The predicted octanol–water partition coefficient (Wildman–Crippen LogP) is 0.492. The molecule has 0 aliphatic carbocycles. The number of nitrogens with zero attached hydrogens (tertiary/aromatic N) is 1. The summed E-state index contributed by atoms with van der Waals surface area (Å²) in [5, 5.41) is 0.940. The van der Waals surface area contributed by atoms with Crippen molar-refractivity contribution < 1.29 is 0 Å². The Balaban J connectivity index is 3.25. The molecule has 0 N–H and O–H groups in total. The first-order valence-corrected chi connectivity index (χ1v) is 3.35. The SMILES string of the molecule is Cc1ccnc([Si])c1C. The van der Waals surface area contributed by atoms with Gasteiger partial charge in [-0.25, -0.2) is 0 Å². The van der Waals surface area contributed by atoms with Crippen LogP contribution in [0.5, 0.6) is 0 Å². The Morgan fingerprint density at radius 1 is 1.44 bits per heavy atom. The standard InChI is InChI=1S/C7H8NSi/c1-5-3-4-8-7(9)6(5)2/h3-4H,1-2H3. The first-order valence-electron chi connectivity index (χ1n) is 2.85. The van der Waals surface area contributed by atoms with Crippen LogP contribution in [0.15, 0.2) is 12.3 Å². The van der Waals surface area contributed by atoms with Crippen LogP contribution in [-0.2, 0) is 0 Å². The van der Waals surface area contributed by atoms with Crippen molar-refractivity contribution in [1.82, 2.24) is 4.98 Å². The molecule has 1 rings (SSSR count). The summed E-state index contributed by atoms with van der Waals surface area (Å²) in [6, 6.07) is 2.00. The van der Waals surface area contributed by atoms with Gasteiger partial charge in [0, 0.05) is 11.5 Å². The van der Waals surface area contributed by atoms with Crippen LogP contribution < -0.4 is 5.32 Å². The summed E-state index contributed by atoms with van der Waals surface area (Å²) in [6.45, 7) is 4.12. The maximum absolute atomic E-state index is 4.05. The second-order valence-corrected chi connectivity index (χ2v) is 2.58. The van der Waals surface area contributed by atoms with Crippen LogP contribution in [0.4, 0.5) is 0 Å². The Hall–Kier alpha value is -0.633. The highest BCUT2D eigenvalue weighted by molar-refractivity contribution is 6.31. The molecular formula is C7H8NSi. The Morgan fingerprint density at radius 2 is 2.11 bits per heavy atom. The maximum Gasteiger partial charge on any atom is 0.0998 e. The first-order chi connectivity index (χ1) is 4.22. The van der Waals surface area contributed by atoms with E-state index in [1.165, 1.54) is 11.1 Å². The zero-order chi connectivity index (χ0) is 6.85. The van der Waals surface area contributed by atoms with Gasteiger partial charge in [0.15, 0.2) is 0 Å². The Kier molecular flexibility index (Phi) is 1.67. The summed E-state index contributed by atoms with van der Waals surface area (Å²) in [6.07, 6.45) is 1.80. The molecule has 1 aromatic rings. The lowest BCUT2D eigenvalue weighted by atomic mass is 10.2. The molecule has 0 spiro atoms. The third kappa shape index (κ3) is 1.19. The van der Waals surface area contributed by atoms with Crippen molar-refractivity contribution in [2.45, 2.75) is 13.8 Å². The Morgan fingerprint density at radius 3 is 2.56 bits per heavy atom. The molecule has 3 radical (unpaired) electrons. The molecule has 0 unspecified atom stereocenters. The predicted molar refractivity (Wildman–Crippen MR) is 39.1 cm³/mol. The third-order valence-corrected chi connectivity index (χ3v) is 1.98. The number of hydrogen-bond donors (Lipinski definition) is 0. The van der Waals surface area contributed by atoms with Crippen LogP contribution in [0.1, 0.15) is 11.1 Å². The van der Waals surface area contributed by atoms with E-state index in [9.17, 15) is 0 Å². The number of aromatic nitrogens is 1. The van der Waals surface area contributed by atoms with Gasteiger partial charge in [-0.3, -0.25) is 4.98 Å². The van der Waals surface area contributed by atoms with E-state index in [0.29, 0.717) is 0 Å². The molecule has 0 fully saturated rings. The quantitative estimate of drug-likeness (QED) is 0.471. The second kappa shape index (κ2) is 2.31. The van der Waals surface area contributed by atoms with E-state index in [1.54, 1.807) is 6.20 Å². The highest BCUT2D eigenvalue weighted by Crippen LogP contribution is 1.97. The molecular weight excluding hydrogens is 126 g/mol. The smallest absolute Gasteiger partial charge is 0.0998 e. The van der Waals surface area contributed by atoms with Crippen molar-refractivity contribution in [1.29, 1.82) is 0 Å². The zero-order valence-electron chi connectivity index (χ0n) is 5.60. The van der Waals surface area contributed by atoms with Crippen molar-refractivity contribution in [3.05, 3.63) is 23.4 Å². The average molecular weight is 134 g/mol. The zero-order valence-corrected chi connectivity index (χ0v) is 6.60. The van der Waals surface area contributed by atoms with Gasteiger partial charge in [0.2, 0.25) is 0 Å². The summed E-state index contributed by atoms with van der Waals surface area (Å²) >= 11 is 0. The van der Waals surface area contributed by atoms with Crippen LogP contribution in [0.2, 0.25) is 0 Å². The molecule has 0 aromatic carbocycles. The van der Waals surface area contributed by atoms with Crippen LogP contribution in [-0.4, -0.2) is 15.2 Å². The van der Waals surface area contributed by atoms with Crippen LogP contribution >= 0.6 is 0 Å². The van der Waals surface area contributed by atoms with E-state index in [4.69, 9.17) is 0 Å². The second-order valence-electron chi connectivity index (χ2n) is 2.10. The van der Waals surface area contributed by atoms with Gasteiger partial charge in [-0.2, -0.15) is 0 Å². The summed E-state index contributed by atoms with van der Waals surface area (Å²) in [7, 11) is 3.38. The lowest BCUT2D eigenvalue weighted by Crippen LogP contribution is -2.12. The fourth-order valence-corrected chi connectivity index (χ4v) is 0.904. The lowest BCUT2D eigenvalue weighted by molar-refractivity contribution is 1.26. The van der Waals surface area contributed by atoms with E-state index < -0.39 is 0 Å². The molecule has 2 heteroatoms. The molecule has 1 aromatic heterocycles.